The SMILES string of the molecule is COc1cccc(-c2[nH]c(C(F)(F)F)nc2-c2ccc(S(C)(=O)=O)cc2)c1. The van der Waals surface area contributed by atoms with Crippen molar-refractivity contribution in [2.75, 3.05) is 13.4 Å². The number of hydrogen-bond donors (Lipinski definition) is 1. The van der Waals surface area contributed by atoms with Crippen LogP contribution in [0.2, 0.25) is 0 Å². The number of H-pyrrole nitrogens is 1. The van der Waals surface area contributed by atoms with Crippen molar-refractivity contribution in [2.24, 2.45) is 0 Å². The van der Waals surface area contributed by atoms with Crippen LogP contribution in [0.4, 0.5) is 13.2 Å². The number of benzene rings is 2. The third-order valence-corrected chi connectivity index (χ3v) is 5.02. The summed E-state index contributed by atoms with van der Waals surface area (Å²) in [6.45, 7) is 0. The van der Waals surface area contributed by atoms with E-state index in [0.29, 0.717) is 16.9 Å². The fourth-order valence-corrected chi connectivity index (χ4v) is 3.19. The van der Waals surface area contributed by atoms with E-state index in [1.165, 1.54) is 31.4 Å². The van der Waals surface area contributed by atoms with Gasteiger partial charge in [-0.15, -0.1) is 0 Å². The molecule has 1 aromatic heterocycles. The number of nitrogens with one attached hydrogen (secondary N) is 1. The zero-order valence-electron chi connectivity index (χ0n) is 14.3. The standard InChI is InChI=1S/C18H15F3N2O3S/c1-26-13-5-3-4-12(10-13)16-15(22-17(23-16)18(19,20)21)11-6-8-14(9-7-11)27(2,24)25/h3-10H,1-2H3,(H,22,23). The van der Waals surface area contributed by atoms with Crippen molar-refractivity contribution in [3.8, 4) is 28.3 Å². The number of imidazole rings is 1. The highest BCUT2D eigenvalue weighted by Crippen LogP contribution is 2.36. The average Bonchev–Trinajstić information content (AvgIpc) is 3.07. The summed E-state index contributed by atoms with van der Waals surface area (Å²) in [4.78, 5) is 6.10. The summed E-state index contributed by atoms with van der Waals surface area (Å²) >= 11 is 0. The van der Waals surface area contributed by atoms with Gasteiger partial charge in [0, 0.05) is 17.4 Å². The highest BCUT2D eigenvalue weighted by molar-refractivity contribution is 7.90. The molecular formula is C18H15F3N2O3S. The topological polar surface area (TPSA) is 72.0 Å². The number of rotatable bonds is 4. The second-order valence-electron chi connectivity index (χ2n) is 5.84. The van der Waals surface area contributed by atoms with Gasteiger partial charge in [0.25, 0.3) is 0 Å². The fraction of sp³-hybridized carbons (Fsp3) is 0.167. The first kappa shape index (κ1) is 19.0. The predicted octanol–water partition coefficient (Wildman–Crippen LogP) is 4.17. The van der Waals surface area contributed by atoms with Crippen molar-refractivity contribution in [2.45, 2.75) is 11.1 Å². The molecule has 1 heterocycles. The van der Waals surface area contributed by atoms with Gasteiger partial charge in [-0.25, -0.2) is 13.4 Å². The van der Waals surface area contributed by atoms with Crippen molar-refractivity contribution in [1.29, 1.82) is 0 Å². The van der Waals surface area contributed by atoms with Crippen molar-refractivity contribution in [3.05, 3.63) is 54.4 Å². The summed E-state index contributed by atoms with van der Waals surface area (Å²) in [5.74, 6) is -0.656. The molecule has 0 bridgehead atoms. The Labute approximate surface area is 153 Å². The van der Waals surface area contributed by atoms with E-state index in [9.17, 15) is 21.6 Å². The Morgan fingerprint density at radius 2 is 1.70 bits per heavy atom. The fourth-order valence-electron chi connectivity index (χ4n) is 2.56. The Hall–Kier alpha value is -2.81. The van der Waals surface area contributed by atoms with E-state index >= 15 is 0 Å². The summed E-state index contributed by atoms with van der Waals surface area (Å²) in [6.07, 6.45) is -3.60. The lowest BCUT2D eigenvalue weighted by atomic mass is 10.0. The third-order valence-electron chi connectivity index (χ3n) is 3.89. The number of ether oxygens (including phenoxy) is 1. The molecule has 5 nitrogen and oxygen atoms in total. The average molecular weight is 396 g/mol. The first-order valence-corrected chi connectivity index (χ1v) is 9.61. The van der Waals surface area contributed by atoms with Crippen LogP contribution in [-0.2, 0) is 16.0 Å². The van der Waals surface area contributed by atoms with Crippen molar-refractivity contribution < 1.29 is 26.3 Å². The largest absolute Gasteiger partial charge is 0.497 e. The number of nitrogens with zero attached hydrogens (tertiary/aromatic N) is 1. The smallest absolute Gasteiger partial charge is 0.449 e. The van der Waals surface area contributed by atoms with Crippen LogP contribution in [0.15, 0.2) is 53.4 Å². The molecule has 0 aliphatic rings. The molecule has 0 fully saturated rings. The summed E-state index contributed by atoms with van der Waals surface area (Å²) in [5, 5.41) is 0. The van der Waals surface area contributed by atoms with Crippen LogP contribution in [-0.4, -0.2) is 31.8 Å². The number of halogens is 3. The third kappa shape index (κ3) is 3.97. The highest BCUT2D eigenvalue weighted by atomic mass is 32.2. The molecule has 0 aliphatic heterocycles. The van der Waals surface area contributed by atoms with Crippen LogP contribution in [0, 0.1) is 0 Å². The van der Waals surface area contributed by atoms with Gasteiger partial charge in [-0.05, 0) is 24.3 Å². The molecule has 2 aromatic carbocycles. The van der Waals surface area contributed by atoms with E-state index in [2.05, 4.69) is 9.97 Å². The van der Waals surface area contributed by atoms with E-state index in [0.717, 1.165) is 6.26 Å². The zero-order valence-corrected chi connectivity index (χ0v) is 15.1. The molecule has 142 valence electrons. The molecule has 3 rings (SSSR count). The summed E-state index contributed by atoms with van der Waals surface area (Å²) in [6, 6.07) is 12.1. The van der Waals surface area contributed by atoms with Gasteiger partial charge in [0.05, 0.1) is 23.4 Å². The molecule has 0 spiro atoms. The molecule has 0 saturated carbocycles. The van der Waals surface area contributed by atoms with E-state index in [1.54, 1.807) is 24.3 Å². The van der Waals surface area contributed by atoms with Crippen molar-refractivity contribution >= 4 is 9.84 Å². The van der Waals surface area contributed by atoms with Crippen LogP contribution >= 0.6 is 0 Å². The first-order chi connectivity index (χ1) is 12.6. The van der Waals surface area contributed by atoms with Gasteiger partial charge in [-0.2, -0.15) is 13.2 Å². The van der Waals surface area contributed by atoms with Gasteiger partial charge in [0.2, 0.25) is 5.82 Å². The van der Waals surface area contributed by atoms with Crippen LogP contribution < -0.4 is 4.74 Å². The second-order valence-corrected chi connectivity index (χ2v) is 7.85. The molecule has 9 heteroatoms. The van der Waals surface area contributed by atoms with Crippen LogP contribution in [0.5, 0.6) is 5.75 Å². The summed E-state index contributed by atoms with van der Waals surface area (Å²) in [5.41, 5.74) is 1.04. The Bertz CT molecular complexity index is 1070. The lowest BCUT2D eigenvalue weighted by Crippen LogP contribution is -2.07. The van der Waals surface area contributed by atoms with Gasteiger partial charge < -0.3 is 9.72 Å². The summed E-state index contributed by atoms with van der Waals surface area (Å²) < 4.78 is 67.8. The molecule has 1 N–H and O–H groups in total. The highest BCUT2D eigenvalue weighted by Gasteiger charge is 2.36. The van der Waals surface area contributed by atoms with E-state index in [1.807, 2.05) is 0 Å². The van der Waals surface area contributed by atoms with Crippen LogP contribution in [0.3, 0.4) is 0 Å². The number of sulfone groups is 1. The van der Waals surface area contributed by atoms with Crippen molar-refractivity contribution in [1.82, 2.24) is 9.97 Å². The molecule has 3 aromatic rings. The number of alkyl halides is 3. The van der Waals surface area contributed by atoms with Gasteiger partial charge in [-0.1, -0.05) is 24.3 Å². The molecule has 0 saturated heterocycles. The maximum Gasteiger partial charge on any atom is 0.449 e. The maximum atomic E-state index is 13.2. The lowest BCUT2D eigenvalue weighted by molar-refractivity contribution is -0.144. The van der Waals surface area contributed by atoms with Crippen LogP contribution in [0.1, 0.15) is 5.82 Å². The number of hydrogen-bond acceptors (Lipinski definition) is 4. The number of aromatic amines is 1. The normalized spacial score (nSPS) is 12.2. The molecule has 0 radical (unpaired) electrons. The Morgan fingerprint density at radius 1 is 1.04 bits per heavy atom. The minimum Gasteiger partial charge on any atom is -0.497 e. The number of methoxy groups -OCH3 is 1. The molecule has 27 heavy (non-hydrogen) atoms. The van der Waals surface area contributed by atoms with Gasteiger partial charge in [0.1, 0.15) is 5.75 Å². The van der Waals surface area contributed by atoms with Crippen LogP contribution in [0.25, 0.3) is 22.5 Å². The molecule has 0 amide bonds. The molecule has 0 aliphatic carbocycles. The zero-order chi connectivity index (χ0) is 19.8. The molecular weight excluding hydrogens is 381 g/mol. The van der Waals surface area contributed by atoms with Gasteiger partial charge in [0.15, 0.2) is 9.84 Å². The first-order valence-electron chi connectivity index (χ1n) is 7.71. The Morgan fingerprint density at radius 3 is 2.26 bits per heavy atom. The monoisotopic (exact) mass is 396 g/mol. The predicted molar refractivity (Wildman–Crippen MR) is 94.1 cm³/mol. The Kier molecular flexibility index (Phi) is 4.73. The Balaban J connectivity index is 2.17. The van der Waals surface area contributed by atoms with E-state index in [4.69, 9.17) is 4.74 Å². The van der Waals surface area contributed by atoms with E-state index < -0.39 is 21.8 Å². The van der Waals surface area contributed by atoms with Crippen molar-refractivity contribution in [3.63, 3.8) is 0 Å². The maximum absolute atomic E-state index is 13.2. The molecule has 0 unspecified atom stereocenters. The number of aromatic nitrogens is 2. The quantitative estimate of drug-likeness (QED) is 0.718. The lowest BCUT2D eigenvalue weighted by Gasteiger charge is -2.06. The van der Waals surface area contributed by atoms with E-state index in [-0.39, 0.29) is 16.3 Å². The second kappa shape index (κ2) is 6.73. The van der Waals surface area contributed by atoms with Gasteiger partial charge in [-0.3, -0.25) is 0 Å². The minimum atomic E-state index is -4.65. The minimum absolute atomic E-state index is 0.0654. The van der Waals surface area contributed by atoms with Gasteiger partial charge >= 0.3 is 6.18 Å². The molecule has 0 atom stereocenters. The summed E-state index contributed by atoms with van der Waals surface area (Å²) in [7, 11) is -1.96.